The first-order valence-electron chi connectivity index (χ1n) is 7.22. The van der Waals surface area contributed by atoms with E-state index in [2.05, 4.69) is 48.8 Å². The number of hydrogen-bond acceptors (Lipinski definition) is 3. The van der Waals surface area contributed by atoms with Gasteiger partial charge in [-0.1, -0.05) is 30.9 Å². The molecule has 1 aromatic rings. The lowest BCUT2D eigenvalue weighted by Crippen LogP contribution is -2.34. The van der Waals surface area contributed by atoms with E-state index in [1.807, 2.05) is 6.07 Å². The summed E-state index contributed by atoms with van der Waals surface area (Å²) < 4.78 is 5.20. The monoisotopic (exact) mass is 274 g/mol. The molecular formula is C17H26N2O. The molecule has 0 bridgehead atoms. The Morgan fingerprint density at radius 3 is 2.85 bits per heavy atom. The van der Waals surface area contributed by atoms with Gasteiger partial charge in [-0.3, -0.25) is 4.90 Å². The summed E-state index contributed by atoms with van der Waals surface area (Å²) in [7, 11) is 1.75. The quantitative estimate of drug-likeness (QED) is 0.775. The number of benzene rings is 1. The van der Waals surface area contributed by atoms with E-state index in [1.54, 1.807) is 7.11 Å². The molecule has 1 aromatic carbocycles. The van der Waals surface area contributed by atoms with Crippen LogP contribution in [0.15, 0.2) is 24.3 Å². The van der Waals surface area contributed by atoms with Gasteiger partial charge in [-0.05, 0) is 31.0 Å². The van der Waals surface area contributed by atoms with Crippen molar-refractivity contribution in [3.63, 3.8) is 0 Å². The Labute approximate surface area is 123 Å². The minimum absolute atomic E-state index is 0.400. The summed E-state index contributed by atoms with van der Waals surface area (Å²) in [6.45, 7) is 7.51. The summed E-state index contributed by atoms with van der Waals surface area (Å²) in [5.74, 6) is 5.98. The molecule has 0 aliphatic carbocycles. The van der Waals surface area contributed by atoms with Crippen molar-refractivity contribution in [1.29, 1.82) is 0 Å². The minimum Gasteiger partial charge on any atom is -0.383 e. The van der Waals surface area contributed by atoms with Crippen LogP contribution in [0.25, 0.3) is 0 Å². The fourth-order valence-electron chi connectivity index (χ4n) is 2.06. The highest BCUT2D eigenvalue weighted by molar-refractivity contribution is 5.37. The van der Waals surface area contributed by atoms with E-state index in [1.165, 1.54) is 5.56 Å². The van der Waals surface area contributed by atoms with Crippen LogP contribution >= 0.6 is 0 Å². The number of hydrogen-bond donors (Lipinski definition) is 1. The number of nitrogens with zero attached hydrogens (tertiary/aromatic N) is 1. The Bertz CT molecular complexity index is 448. The van der Waals surface area contributed by atoms with Crippen LogP contribution in [0.3, 0.4) is 0 Å². The van der Waals surface area contributed by atoms with E-state index in [0.717, 1.165) is 31.7 Å². The molecule has 3 heteroatoms. The van der Waals surface area contributed by atoms with Crippen LogP contribution in [0.1, 0.15) is 31.4 Å². The molecule has 0 heterocycles. The Balaban J connectivity index is 2.76. The lowest BCUT2D eigenvalue weighted by Gasteiger charge is -2.28. The van der Waals surface area contributed by atoms with Crippen LogP contribution in [0.5, 0.6) is 0 Å². The molecule has 1 atom stereocenters. The molecule has 0 aliphatic heterocycles. The molecule has 0 saturated carbocycles. The number of methoxy groups -OCH3 is 1. The van der Waals surface area contributed by atoms with E-state index in [9.17, 15) is 0 Å². The SMILES string of the molecule is CCC(C)N(CCOC)Cc1cccc(C#CCN)c1. The van der Waals surface area contributed by atoms with Crippen LogP contribution in [0.4, 0.5) is 0 Å². The van der Waals surface area contributed by atoms with E-state index in [0.29, 0.717) is 12.6 Å². The van der Waals surface area contributed by atoms with Crippen molar-refractivity contribution in [1.82, 2.24) is 4.90 Å². The number of ether oxygens (including phenoxy) is 1. The van der Waals surface area contributed by atoms with Crippen LogP contribution < -0.4 is 5.73 Å². The predicted molar refractivity (Wildman–Crippen MR) is 84.4 cm³/mol. The van der Waals surface area contributed by atoms with E-state index in [-0.39, 0.29) is 0 Å². The highest BCUT2D eigenvalue weighted by atomic mass is 16.5. The van der Waals surface area contributed by atoms with Crippen LogP contribution in [0.2, 0.25) is 0 Å². The molecule has 0 saturated heterocycles. The standard InChI is InChI=1S/C17H26N2O/c1-4-15(2)19(11-12-20-3)14-17-8-5-7-16(13-17)9-6-10-18/h5,7-8,13,15H,4,10-12,14,18H2,1-3H3. The van der Waals surface area contributed by atoms with Gasteiger partial charge in [0.15, 0.2) is 0 Å². The summed E-state index contributed by atoms with van der Waals surface area (Å²) in [4.78, 5) is 2.44. The lowest BCUT2D eigenvalue weighted by molar-refractivity contribution is 0.118. The summed E-state index contributed by atoms with van der Waals surface area (Å²) in [6.07, 6.45) is 1.14. The van der Waals surface area contributed by atoms with Crippen molar-refractivity contribution in [3.8, 4) is 11.8 Å². The smallest absolute Gasteiger partial charge is 0.0589 e. The molecule has 1 rings (SSSR count). The largest absolute Gasteiger partial charge is 0.383 e. The highest BCUT2D eigenvalue weighted by Crippen LogP contribution is 2.12. The van der Waals surface area contributed by atoms with Crippen molar-refractivity contribution in [2.24, 2.45) is 5.73 Å². The molecule has 0 aliphatic rings. The first kappa shape index (κ1) is 16.7. The van der Waals surface area contributed by atoms with E-state index < -0.39 is 0 Å². The first-order chi connectivity index (χ1) is 9.71. The minimum atomic E-state index is 0.400. The van der Waals surface area contributed by atoms with E-state index >= 15 is 0 Å². The summed E-state index contributed by atoms with van der Waals surface area (Å²) in [5, 5.41) is 0. The van der Waals surface area contributed by atoms with Gasteiger partial charge in [0.1, 0.15) is 0 Å². The third-order valence-electron chi connectivity index (χ3n) is 3.44. The topological polar surface area (TPSA) is 38.5 Å². The zero-order valence-corrected chi connectivity index (χ0v) is 12.9. The maximum atomic E-state index is 5.41. The predicted octanol–water partition coefficient (Wildman–Crippen LogP) is 2.24. The van der Waals surface area contributed by atoms with Crippen molar-refractivity contribution in [3.05, 3.63) is 35.4 Å². The second kappa shape index (κ2) is 9.55. The Hall–Kier alpha value is -1.34. The van der Waals surface area contributed by atoms with Gasteiger partial charge in [0.2, 0.25) is 0 Å². The molecule has 110 valence electrons. The molecule has 2 N–H and O–H groups in total. The zero-order chi connectivity index (χ0) is 14.8. The zero-order valence-electron chi connectivity index (χ0n) is 12.9. The molecule has 0 radical (unpaired) electrons. The van der Waals surface area contributed by atoms with Crippen molar-refractivity contribution >= 4 is 0 Å². The summed E-state index contributed by atoms with van der Waals surface area (Å²) in [5.41, 5.74) is 7.73. The molecule has 0 fully saturated rings. The van der Waals surface area contributed by atoms with Crippen LogP contribution in [-0.2, 0) is 11.3 Å². The molecule has 3 nitrogen and oxygen atoms in total. The summed E-state index contributed by atoms with van der Waals surface area (Å²) in [6, 6.07) is 8.92. The van der Waals surface area contributed by atoms with Gasteiger partial charge in [-0.15, -0.1) is 0 Å². The number of nitrogens with two attached hydrogens (primary N) is 1. The van der Waals surface area contributed by atoms with Crippen molar-refractivity contribution in [2.45, 2.75) is 32.9 Å². The maximum Gasteiger partial charge on any atom is 0.0589 e. The number of rotatable bonds is 7. The molecular weight excluding hydrogens is 248 g/mol. The second-order valence-corrected chi connectivity index (χ2v) is 4.93. The van der Waals surface area contributed by atoms with Gasteiger partial charge in [-0.25, -0.2) is 0 Å². The van der Waals surface area contributed by atoms with Gasteiger partial charge in [0.25, 0.3) is 0 Å². The van der Waals surface area contributed by atoms with Gasteiger partial charge in [0.05, 0.1) is 13.2 Å². The van der Waals surface area contributed by atoms with Gasteiger partial charge < -0.3 is 10.5 Å². The van der Waals surface area contributed by atoms with Crippen LogP contribution in [-0.4, -0.2) is 37.7 Å². The Morgan fingerprint density at radius 2 is 2.20 bits per heavy atom. The lowest BCUT2D eigenvalue weighted by atomic mass is 10.1. The van der Waals surface area contributed by atoms with Gasteiger partial charge >= 0.3 is 0 Å². The average Bonchev–Trinajstić information content (AvgIpc) is 2.49. The maximum absolute atomic E-state index is 5.41. The Morgan fingerprint density at radius 1 is 1.40 bits per heavy atom. The van der Waals surface area contributed by atoms with Crippen molar-refractivity contribution in [2.75, 3.05) is 26.8 Å². The second-order valence-electron chi connectivity index (χ2n) is 4.93. The fraction of sp³-hybridized carbons (Fsp3) is 0.529. The third-order valence-corrected chi connectivity index (χ3v) is 3.44. The van der Waals surface area contributed by atoms with E-state index in [4.69, 9.17) is 10.5 Å². The highest BCUT2D eigenvalue weighted by Gasteiger charge is 2.12. The molecule has 1 unspecified atom stereocenters. The summed E-state index contributed by atoms with van der Waals surface area (Å²) >= 11 is 0. The van der Waals surface area contributed by atoms with Gasteiger partial charge in [-0.2, -0.15) is 0 Å². The molecule has 20 heavy (non-hydrogen) atoms. The molecule has 0 amide bonds. The third kappa shape index (κ3) is 5.75. The molecule has 0 spiro atoms. The fourth-order valence-corrected chi connectivity index (χ4v) is 2.06. The Kier molecular flexibility index (Phi) is 7.98. The average molecular weight is 274 g/mol. The van der Waals surface area contributed by atoms with Crippen LogP contribution in [0, 0.1) is 11.8 Å². The van der Waals surface area contributed by atoms with Gasteiger partial charge in [0, 0.05) is 31.8 Å². The van der Waals surface area contributed by atoms with Crippen molar-refractivity contribution < 1.29 is 4.74 Å². The normalized spacial score (nSPS) is 12.1. The molecule has 0 aromatic heterocycles. The first-order valence-corrected chi connectivity index (χ1v) is 7.22.